The smallest absolute Gasteiger partial charge is 0.341 e. The molecule has 9 nitrogen and oxygen atoms in total. The lowest BCUT2D eigenvalue weighted by Gasteiger charge is -2.31. The highest BCUT2D eigenvalue weighted by Crippen LogP contribution is 2.45. The van der Waals surface area contributed by atoms with Crippen LogP contribution in [-0.2, 0) is 0 Å². The Morgan fingerprint density at radius 3 is 2.75 bits per heavy atom. The van der Waals surface area contributed by atoms with Crippen LogP contribution in [0.1, 0.15) is 49.0 Å². The Labute approximate surface area is 183 Å². The number of hydrogen-bond donors (Lipinski definition) is 1. The van der Waals surface area contributed by atoms with Gasteiger partial charge in [0.25, 0.3) is 0 Å². The standard InChI is InChI=1S/C22H25FN4O5/c1-2-32-21-18-14(20(28)15(22(29)30)10-26(18)13-5-6-13)8-16(23)19(21)25-9-12-4-3-7-27(24-31)17(12)11-25/h8,10,12-13,17H,2-7,9,11H2,1H3,(H,29,30)/t12-,17+/m0/s1. The van der Waals surface area contributed by atoms with Gasteiger partial charge in [0, 0.05) is 37.8 Å². The van der Waals surface area contributed by atoms with Crippen molar-refractivity contribution in [3.8, 4) is 5.75 Å². The molecule has 10 heteroatoms. The summed E-state index contributed by atoms with van der Waals surface area (Å²) in [7, 11) is 0. The van der Waals surface area contributed by atoms with Gasteiger partial charge in [0.2, 0.25) is 5.43 Å². The van der Waals surface area contributed by atoms with Gasteiger partial charge in [-0.25, -0.2) is 9.18 Å². The Balaban J connectivity index is 1.71. The highest BCUT2D eigenvalue weighted by atomic mass is 19.1. The first-order valence-electron chi connectivity index (χ1n) is 11.1. The largest absolute Gasteiger partial charge is 0.489 e. The molecule has 3 heterocycles. The lowest BCUT2D eigenvalue weighted by molar-refractivity contribution is 0.0694. The molecule has 1 saturated carbocycles. The summed E-state index contributed by atoms with van der Waals surface area (Å²) >= 11 is 0. The van der Waals surface area contributed by atoms with E-state index in [-0.39, 0.29) is 47.0 Å². The molecule has 3 aliphatic rings. The number of rotatable bonds is 6. The molecule has 3 fully saturated rings. The number of carboxylic acid groups (broad SMARTS) is 1. The molecular weight excluding hydrogens is 419 g/mol. The average Bonchev–Trinajstić information content (AvgIpc) is 3.52. The number of piperidine rings is 1. The summed E-state index contributed by atoms with van der Waals surface area (Å²) in [5.41, 5.74) is -0.404. The number of carboxylic acids is 1. The maximum Gasteiger partial charge on any atom is 0.341 e. The molecule has 1 aromatic carbocycles. The Bertz CT molecular complexity index is 1160. The number of benzene rings is 1. The zero-order chi connectivity index (χ0) is 22.6. The van der Waals surface area contributed by atoms with Crippen LogP contribution in [0.25, 0.3) is 10.9 Å². The summed E-state index contributed by atoms with van der Waals surface area (Å²) in [6, 6.07) is 1.09. The zero-order valence-corrected chi connectivity index (χ0v) is 17.8. The van der Waals surface area contributed by atoms with Gasteiger partial charge in [0.15, 0.2) is 11.6 Å². The monoisotopic (exact) mass is 444 g/mol. The van der Waals surface area contributed by atoms with Gasteiger partial charge in [-0.15, -0.1) is 4.91 Å². The summed E-state index contributed by atoms with van der Waals surface area (Å²) in [4.78, 5) is 37.7. The minimum absolute atomic E-state index is 0.00861. The third-order valence-corrected chi connectivity index (χ3v) is 6.83. The molecule has 2 aromatic rings. The number of ether oxygens (including phenoxy) is 1. The number of hydrogen-bond acceptors (Lipinski definition) is 6. The Hall–Kier alpha value is -3.17. The van der Waals surface area contributed by atoms with Crippen molar-refractivity contribution in [2.75, 3.05) is 31.1 Å². The second kappa shape index (κ2) is 7.75. The summed E-state index contributed by atoms with van der Waals surface area (Å²) in [5, 5.41) is 14.2. The quantitative estimate of drug-likeness (QED) is 0.683. The van der Waals surface area contributed by atoms with Crippen LogP contribution in [0, 0.1) is 16.6 Å². The van der Waals surface area contributed by atoms with E-state index < -0.39 is 17.2 Å². The highest BCUT2D eigenvalue weighted by molar-refractivity contribution is 5.97. The van der Waals surface area contributed by atoms with Crippen molar-refractivity contribution < 1.29 is 19.0 Å². The molecule has 0 bridgehead atoms. The van der Waals surface area contributed by atoms with E-state index in [4.69, 9.17) is 4.74 Å². The molecule has 0 unspecified atom stereocenters. The minimum Gasteiger partial charge on any atom is -0.489 e. The normalized spacial score (nSPS) is 22.8. The van der Waals surface area contributed by atoms with Crippen LogP contribution < -0.4 is 15.1 Å². The zero-order valence-electron chi connectivity index (χ0n) is 17.8. The van der Waals surface area contributed by atoms with E-state index in [0.717, 1.165) is 31.7 Å². The van der Waals surface area contributed by atoms with Crippen LogP contribution >= 0.6 is 0 Å². The van der Waals surface area contributed by atoms with Crippen LogP contribution in [0.15, 0.2) is 22.3 Å². The van der Waals surface area contributed by atoms with Crippen LogP contribution in [-0.4, -0.2) is 52.9 Å². The van der Waals surface area contributed by atoms with Gasteiger partial charge in [-0.05, 0) is 38.7 Å². The molecule has 0 amide bonds. The highest BCUT2D eigenvalue weighted by Gasteiger charge is 2.42. The van der Waals surface area contributed by atoms with Gasteiger partial charge in [0.1, 0.15) is 11.3 Å². The van der Waals surface area contributed by atoms with E-state index in [1.165, 1.54) is 6.20 Å². The second-order valence-corrected chi connectivity index (χ2v) is 8.80. The molecule has 0 spiro atoms. The molecule has 1 aromatic heterocycles. The van der Waals surface area contributed by atoms with E-state index in [1.807, 2.05) is 4.90 Å². The van der Waals surface area contributed by atoms with Gasteiger partial charge in [-0.1, -0.05) is 0 Å². The number of fused-ring (bicyclic) bond motifs is 2. The molecule has 0 radical (unpaired) electrons. The number of halogens is 1. The predicted molar refractivity (Wildman–Crippen MR) is 116 cm³/mol. The van der Waals surface area contributed by atoms with Gasteiger partial charge in [-0.3, -0.25) is 9.80 Å². The first-order chi connectivity index (χ1) is 15.4. The second-order valence-electron chi connectivity index (χ2n) is 8.80. The fourth-order valence-electron chi connectivity index (χ4n) is 5.25. The first-order valence-corrected chi connectivity index (χ1v) is 11.1. The third kappa shape index (κ3) is 3.20. The third-order valence-electron chi connectivity index (χ3n) is 6.83. The molecular formula is C22H25FN4O5. The van der Waals surface area contributed by atoms with Crippen LogP contribution in [0.3, 0.4) is 0 Å². The number of aromatic carboxylic acids is 1. The van der Waals surface area contributed by atoms with Crippen LogP contribution in [0.5, 0.6) is 5.75 Å². The first kappa shape index (κ1) is 20.7. The summed E-state index contributed by atoms with van der Waals surface area (Å²) < 4.78 is 23.3. The number of aromatic nitrogens is 1. The number of nitroso groups, excluding NO2 is 1. The van der Waals surface area contributed by atoms with E-state index in [1.54, 1.807) is 16.5 Å². The summed E-state index contributed by atoms with van der Waals surface area (Å²) in [5.74, 6) is -1.52. The summed E-state index contributed by atoms with van der Waals surface area (Å²) in [6.07, 6.45) is 4.85. The molecule has 1 N–H and O–H groups in total. The fourth-order valence-corrected chi connectivity index (χ4v) is 5.25. The SMILES string of the molecule is CCOc1c(N2C[C@@H]3CCCN(N=O)[C@@H]3C2)c(F)cc2c(=O)c(C(=O)O)cn(C3CC3)c12. The van der Waals surface area contributed by atoms with Gasteiger partial charge >= 0.3 is 5.97 Å². The van der Waals surface area contributed by atoms with Crippen molar-refractivity contribution in [2.24, 2.45) is 11.2 Å². The Kier molecular flexibility index (Phi) is 5.02. The molecule has 170 valence electrons. The Morgan fingerprint density at radius 1 is 1.31 bits per heavy atom. The van der Waals surface area contributed by atoms with E-state index in [0.29, 0.717) is 25.2 Å². The molecule has 32 heavy (non-hydrogen) atoms. The summed E-state index contributed by atoms with van der Waals surface area (Å²) in [6.45, 7) is 3.62. The number of pyridine rings is 1. The maximum absolute atomic E-state index is 15.6. The molecule has 1 aliphatic carbocycles. The van der Waals surface area contributed by atoms with E-state index in [2.05, 4.69) is 5.29 Å². The lowest BCUT2D eigenvalue weighted by Crippen LogP contribution is -2.41. The number of nitrogens with zero attached hydrogens (tertiary/aromatic N) is 4. The number of anilines is 1. The molecule has 5 rings (SSSR count). The lowest BCUT2D eigenvalue weighted by atomic mass is 9.93. The predicted octanol–water partition coefficient (Wildman–Crippen LogP) is 3.15. The van der Waals surface area contributed by atoms with Crippen molar-refractivity contribution in [2.45, 2.75) is 44.7 Å². The van der Waals surface area contributed by atoms with E-state index >= 15 is 4.39 Å². The topological polar surface area (TPSA) is 104 Å². The molecule has 2 aliphatic heterocycles. The van der Waals surface area contributed by atoms with Crippen molar-refractivity contribution in [1.29, 1.82) is 0 Å². The van der Waals surface area contributed by atoms with Crippen LogP contribution in [0.2, 0.25) is 0 Å². The van der Waals surface area contributed by atoms with Gasteiger partial charge in [-0.2, -0.15) is 0 Å². The minimum atomic E-state index is -1.33. The molecule has 2 atom stereocenters. The maximum atomic E-state index is 15.6. The number of carbonyl (C=O) groups is 1. The Morgan fingerprint density at radius 2 is 2.09 bits per heavy atom. The van der Waals surface area contributed by atoms with E-state index in [9.17, 15) is 19.6 Å². The fraction of sp³-hybridized carbons (Fsp3) is 0.545. The van der Waals surface area contributed by atoms with Gasteiger partial charge in [0.05, 0.1) is 28.8 Å². The van der Waals surface area contributed by atoms with Gasteiger partial charge < -0.3 is 19.3 Å². The van der Waals surface area contributed by atoms with Crippen molar-refractivity contribution in [3.05, 3.63) is 38.8 Å². The van der Waals surface area contributed by atoms with Crippen molar-refractivity contribution in [1.82, 2.24) is 9.58 Å². The van der Waals surface area contributed by atoms with Crippen LogP contribution in [0.4, 0.5) is 10.1 Å². The average molecular weight is 444 g/mol. The van der Waals surface area contributed by atoms with Crippen molar-refractivity contribution in [3.63, 3.8) is 0 Å². The van der Waals surface area contributed by atoms with Crippen molar-refractivity contribution >= 4 is 22.6 Å². The molecule has 2 saturated heterocycles.